The molecule has 28 heavy (non-hydrogen) atoms. The standard InChI is InChI=1S/C17H10Cl3F3N2O3/c18-11-3-1-9(5-12(11)19)2-4-15(27)28-8-14(26)25-16-13(20)6-10(7-24-16)17(21,22)23/h1-7H,8H2,(H,24,25,26)/b4-2+. The van der Waals surface area contributed by atoms with Crippen molar-refractivity contribution < 1.29 is 27.5 Å². The number of nitrogens with one attached hydrogen (secondary N) is 1. The van der Waals surface area contributed by atoms with E-state index in [4.69, 9.17) is 39.5 Å². The molecule has 0 aliphatic heterocycles. The fraction of sp³-hybridized carbons (Fsp3) is 0.118. The van der Waals surface area contributed by atoms with Crippen molar-refractivity contribution in [3.63, 3.8) is 0 Å². The maximum absolute atomic E-state index is 12.5. The van der Waals surface area contributed by atoms with Gasteiger partial charge in [-0.3, -0.25) is 4.79 Å². The fourth-order valence-corrected chi connectivity index (χ4v) is 2.34. The van der Waals surface area contributed by atoms with Gasteiger partial charge in [0.2, 0.25) is 0 Å². The number of anilines is 1. The fourth-order valence-electron chi connectivity index (χ4n) is 1.82. The van der Waals surface area contributed by atoms with Crippen LogP contribution in [0.2, 0.25) is 15.1 Å². The summed E-state index contributed by atoms with van der Waals surface area (Å²) in [4.78, 5) is 26.8. The summed E-state index contributed by atoms with van der Waals surface area (Å²) in [6, 6.07) is 5.31. The maximum atomic E-state index is 12.5. The third kappa shape index (κ3) is 6.40. The van der Waals surface area contributed by atoms with Crippen LogP contribution in [0.5, 0.6) is 0 Å². The normalized spacial score (nSPS) is 11.5. The molecule has 2 aromatic rings. The maximum Gasteiger partial charge on any atom is 0.417 e. The minimum atomic E-state index is -4.62. The Morgan fingerprint density at radius 3 is 2.43 bits per heavy atom. The van der Waals surface area contributed by atoms with Gasteiger partial charge in [-0.2, -0.15) is 13.2 Å². The highest BCUT2D eigenvalue weighted by Crippen LogP contribution is 2.32. The summed E-state index contributed by atoms with van der Waals surface area (Å²) in [5, 5.41) is 2.40. The van der Waals surface area contributed by atoms with Crippen LogP contribution in [-0.4, -0.2) is 23.5 Å². The number of aromatic nitrogens is 1. The quantitative estimate of drug-likeness (QED) is 0.496. The number of amides is 1. The number of halogens is 6. The van der Waals surface area contributed by atoms with E-state index in [1.54, 1.807) is 12.1 Å². The Hall–Kier alpha value is -2.29. The molecule has 0 bridgehead atoms. The van der Waals surface area contributed by atoms with Gasteiger partial charge in [-0.05, 0) is 29.8 Å². The van der Waals surface area contributed by atoms with Crippen LogP contribution in [0.15, 0.2) is 36.5 Å². The van der Waals surface area contributed by atoms with Crippen LogP contribution >= 0.6 is 34.8 Å². The number of nitrogens with zero attached hydrogens (tertiary/aromatic N) is 1. The topological polar surface area (TPSA) is 68.3 Å². The monoisotopic (exact) mass is 452 g/mol. The largest absolute Gasteiger partial charge is 0.452 e. The second kappa shape index (κ2) is 9.27. The Balaban J connectivity index is 1.89. The number of esters is 1. The highest BCUT2D eigenvalue weighted by molar-refractivity contribution is 6.42. The van der Waals surface area contributed by atoms with Crippen LogP contribution in [0.4, 0.5) is 19.0 Å². The van der Waals surface area contributed by atoms with Gasteiger partial charge in [-0.25, -0.2) is 9.78 Å². The molecule has 0 atom stereocenters. The Morgan fingerprint density at radius 2 is 1.82 bits per heavy atom. The summed E-state index contributed by atoms with van der Waals surface area (Å²) in [5.41, 5.74) is -0.481. The molecular formula is C17H10Cl3F3N2O3. The van der Waals surface area contributed by atoms with Crippen molar-refractivity contribution in [2.45, 2.75) is 6.18 Å². The number of ether oxygens (including phenoxy) is 1. The molecule has 0 saturated heterocycles. The van der Waals surface area contributed by atoms with Gasteiger partial charge < -0.3 is 10.1 Å². The summed E-state index contributed by atoms with van der Waals surface area (Å²) in [5.74, 6) is -1.94. The van der Waals surface area contributed by atoms with Gasteiger partial charge in [-0.15, -0.1) is 0 Å². The van der Waals surface area contributed by atoms with E-state index < -0.39 is 35.2 Å². The number of benzene rings is 1. The summed E-state index contributed by atoms with van der Waals surface area (Å²) >= 11 is 17.3. The van der Waals surface area contributed by atoms with Crippen LogP contribution in [0, 0.1) is 0 Å². The molecule has 0 radical (unpaired) electrons. The average Bonchev–Trinajstić information content (AvgIpc) is 2.61. The van der Waals surface area contributed by atoms with Crippen molar-refractivity contribution in [1.29, 1.82) is 0 Å². The molecular weight excluding hydrogens is 444 g/mol. The smallest absolute Gasteiger partial charge is 0.417 e. The Morgan fingerprint density at radius 1 is 1.11 bits per heavy atom. The Kier molecular flexibility index (Phi) is 7.29. The van der Waals surface area contributed by atoms with Gasteiger partial charge >= 0.3 is 12.1 Å². The van der Waals surface area contributed by atoms with E-state index in [2.05, 4.69) is 10.3 Å². The summed E-state index contributed by atoms with van der Waals surface area (Å²) in [6.07, 6.45) is -1.63. The second-order valence-corrected chi connectivity index (χ2v) is 6.44. The highest BCUT2D eigenvalue weighted by atomic mass is 35.5. The van der Waals surface area contributed by atoms with Gasteiger partial charge in [0.25, 0.3) is 5.91 Å². The van der Waals surface area contributed by atoms with E-state index in [1.807, 2.05) is 0 Å². The first-order valence-corrected chi connectivity index (χ1v) is 8.52. The second-order valence-electron chi connectivity index (χ2n) is 5.21. The molecule has 1 aromatic heterocycles. The Bertz CT molecular complexity index is 934. The van der Waals surface area contributed by atoms with Crippen LogP contribution in [0.25, 0.3) is 6.08 Å². The molecule has 0 unspecified atom stereocenters. The number of alkyl halides is 3. The van der Waals surface area contributed by atoms with Crippen LogP contribution in [0.3, 0.4) is 0 Å². The van der Waals surface area contributed by atoms with Crippen LogP contribution < -0.4 is 5.32 Å². The molecule has 1 amide bonds. The lowest BCUT2D eigenvalue weighted by molar-refractivity contribution is -0.142. The van der Waals surface area contributed by atoms with Gasteiger partial charge in [0.05, 0.1) is 20.6 Å². The number of hydrogen-bond donors (Lipinski definition) is 1. The van der Waals surface area contributed by atoms with E-state index in [0.29, 0.717) is 27.9 Å². The first-order valence-electron chi connectivity index (χ1n) is 7.39. The van der Waals surface area contributed by atoms with Crippen molar-refractivity contribution in [3.8, 4) is 0 Å². The molecule has 0 aliphatic rings. The highest BCUT2D eigenvalue weighted by Gasteiger charge is 2.31. The van der Waals surface area contributed by atoms with E-state index >= 15 is 0 Å². The lowest BCUT2D eigenvalue weighted by Gasteiger charge is -2.10. The predicted octanol–water partition coefficient (Wildman–Crippen LogP) is 5.26. The summed E-state index contributed by atoms with van der Waals surface area (Å²) in [7, 11) is 0. The molecule has 1 heterocycles. The van der Waals surface area contributed by atoms with E-state index in [-0.39, 0.29) is 5.82 Å². The zero-order valence-electron chi connectivity index (χ0n) is 13.7. The van der Waals surface area contributed by atoms with E-state index in [1.165, 1.54) is 12.1 Å². The van der Waals surface area contributed by atoms with Crippen molar-refractivity contribution in [2.75, 3.05) is 11.9 Å². The van der Waals surface area contributed by atoms with Crippen molar-refractivity contribution in [1.82, 2.24) is 4.98 Å². The van der Waals surface area contributed by atoms with Crippen LogP contribution in [0.1, 0.15) is 11.1 Å². The van der Waals surface area contributed by atoms with Crippen molar-refractivity contribution in [2.24, 2.45) is 0 Å². The molecule has 5 nitrogen and oxygen atoms in total. The lowest BCUT2D eigenvalue weighted by atomic mass is 10.2. The van der Waals surface area contributed by atoms with Gasteiger partial charge in [-0.1, -0.05) is 40.9 Å². The molecule has 0 spiro atoms. The van der Waals surface area contributed by atoms with E-state index in [0.717, 1.165) is 6.08 Å². The molecule has 0 aliphatic carbocycles. The first kappa shape index (κ1) is 22.0. The molecule has 2 rings (SSSR count). The number of rotatable bonds is 5. The minimum Gasteiger partial charge on any atom is -0.452 e. The van der Waals surface area contributed by atoms with Crippen LogP contribution in [-0.2, 0) is 20.5 Å². The van der Waals surface area contributed by atoms with Crippen molar-refractivity contribution >= 4 is 58.6 Å². The Labute approximate surface area is 172 Å². The molecule has 0 saturated carbocycles. The molecule has 1 aromatic carbocycles. The molecule has 1 N–H and O–H groups in total. The number of carbonyl (C=O) groups excluding carboxylic acids is 2. The molecule has 11 heteroatoms. The van der Waals surface area contributed by atoms with Crippen molar-refractivity contribution in [3.05, 3.63) is 62.7 Å². The zero-order valence-corrected chi connectivity index (χ0v) is 16.0. The lowest BCUT2D eigenvalue weighted by Crippen LogP contribution is -2.21. The average molecular weight is 454 g/mol. The number of pyridine rings is 1. The summed E-state index contributed by atoms with van der Waals surface area (Å²) < 4.78 is 42.4. The van der Waals surface area contributed by atoms with Gasteiger partial charge in [0.15, 0.2) is 12.4 Å². The SMILES string of the molecule is O=C(COC(=O)/C=C/c1ccc(Cl)c(Cl)c1)Nc1ncc(C(F)(F)F)cc1Cl. The predicted molar refractivity (Wildman–Crippen MR) is 99.3 cm³/mol. The first-order chi connectivity index (χ1) is 13.1. The summed E-state index contributed by atoms with van der Waals surface area (Å²) in [6.45, 7) is -0.691. The van der Waals surface area contributed by atoms with E-state index in [9.17, 15) is 22.8 Å². The number of hydrogen-bond acceptors (Lipinski definition) is 4. The molecule has 0 fully saturated rings. The zero-order chi connectivity index (χ0) is 20.9. The minimum absolute atomic E-state index is 0.290. The third-order valence-corrected chi connectivity index (χ3v) is 4.15. The third-order valence-electron chi connectivity index (χ3n) is 3.13. The van der Waals surface area contributed by atoms with Gasteiger partial charge in [0, 0.05) is 12.3 Å². The molecule has 148 valence electrons. The van der Waals surface area contributed by atoms with Gasteiger partial charge in [0.1, 0.15) is 0 Å². The number of carbonyl (C=O) groups is 2.